The normalized spacial score (nSPS) is 13.7. The highest BCUT2D eigenvalue weighted by molar-refractivity contribution is 5.94. The smallest absolute Gasteiger partial charge is 0.326 e. The second-order valence-electron chi connectivity index (χ2n) is 9.59. The van der Waals surface area contributed by atoms with E-state index in [0.29, 0.717) is 6.42 Å². The summed E-state index contributed by atoms with van der Waals surface area (Å²) in [4.78, 5) is 69.1. The van der Waals surface area contributed by atoms with Crippen LogP contribution < -0.4 is 44.6 Å². The quantitative estimate of drug-likeness (QED) is 0.0393. The van der Waals surface area contributed by atoms with Crippen molar-refractivity contribution < 1.29 is 34.2 Å². The molecule has 17 heteroatoms. The molecule has 4 unspecified atom stereocenters. The molecule has 0 saturated carbocycles. The number of guanidine groups is 2. The van der Waals surface area contributed by atoms with Crippen molar-refractivity contribution in [2.75, 3.05) is 13.1 Å². The molecule has 3 amide bonds. The van der Waals surface area contributed by atoms with Crippen LogP contribution in [-0.4, -0.2) is 89.0 Å². The number of aliphatic carboxylic acids is 2. The van der Waals surface area contributed by atoms with Crippen molar-refractivity contribution in [1.82, 2.24) is 16.0 Å². The number of carbonyl (C=O) groups is 5. The molecular weight excluding hydrogens is 528 g/mol. The molecule has 228 valence electrons. The Balaban J connectivity index is 5.50. The third kappa shape index (κ3) is 16.6. The fraction of sp³-hybridized carbons (Fsp3) is 0.696. The number of carboxylic acids is 2. The van der Waals surface area contributed by atoms with Gasteiger partial charge >= 0.3 is 11.9 Å². The van der Waals surface area contributed by atoms with Crippen LogP contribution in [0.1, 0.15) is 58.8 Å². The van der Waals surface area contributed by atoms with Crippen LogP contribution in [0.5, 0.6) is 0 Å². The first-order valence-corrected chi connectivity index (χ1v) is 12.9. The molecule has 4 atom stereocenters. The van der Waals surface area contributed by atoms with Gasteiger partial charge in [-0.1, -0.05) is 13.8 Å². The van der Waals surface area contributed by atoms with Gasteiger partial charge in [0.2, 0.25) is 17.7 Å². The Bertz CT molecular complexity index is 918. The summed E-state index contributed by atoms with van der Waals surface area (Å²) in [6.07, 6.45) is 0.251. The van der Waals surface area contributed by atoms with E-state index in [-0.39, 0.29) is 63.0 Å². The van der Waals surface area contributed by atoms with Crippen LogP contribution in [0.15, 0.2) is 9.98 Å². The Hall–Kier alpha value is -4.15. The van der Waals surface area contributed by atoms with Gasteiger partial charge in [-0.2, -0.15) is 0 Å². The molecule has 0 bridgehead atoms. The van der Waals surface area contributed by atoms with E-state index in [4.69, 9.17) is 33.8 Å². The molecule has 0 radical (unpaired) electrons. The lowest BCUT2D eigenvalue weighted by atomic mass is 10.0. The van der Waals surface area contributed by atoms with E-state index in [2.05, 4.69) is 25.9 Å². The van der Waals surface area contributed by atoms with Crippen molar-refractivity contribution in [2.45, 2.75) is 83.0 Å². The number of nitrogens with one attached hydrogen (secondary N) is 3. The SMILES string of the molecule is CC(C)CC(NC(=O)C(N)CCCN=C(N)N)C(=O)NC(CCC(=O)O)C(=O)NC(CCCN=C(N)N)C(=O)O. The Morgan fingerprint density at radius 3 is 1.65 bits per heavy atom. The maximum atomic E-state index is 13.1. The summed E-state index contributed by atoms with van der Waals surface area (Å²) in [5, 5.41) is 25.9. The van der Waals surface area contributed by atoms with Crippen molar-refractivity contribution in [3.63, 3.8) is 0 Å². The molecule has 0 aliphatic carbocycles. The minimum Gasteiger partial charge on any atom is -0.481 e. The van der Waals surface area contributed by atoms with E-state index in [1.807, 2.05) is 13.8 Å². The summed E-state index contributed by atoms with van der Waals surface area (Å²) in [5.41, 5.74) is 26.9. The molecular formula is C23H44N10O7. The van der Waals surface area contributed by atoms with Gasteiger partial charge in [-0.15, -0.1) is 0 Å². The summed E-state index contributed by atoms with van der Waals surface area (Å²) in [5.74, 6) is -5.12. The van der Waals surface area contributed by atoms with Gasteiger partial charge < -0.3 is 54.8 Å². The Morgan fingerprint density at radius 2 is 1.18 bits per heavy atom. The predicted octanol–water partition coefficient (Wildman–Crippen LogP) is -3.13. The summed E-state index contributed by atoms with van der Waals surface area (Å²) >= 11 is 0. The highest BCUT2D eigenvalue weighted by atomic mass is 16.4. The number of carboxylic acid groups (broad SMARTS) is 2. The number of rotatable bonds is 20. The highest BCUT2D eigenvalue weighted by Crippen LogP contribution is 2.09. The topological polar surface area (TPSA) is 317 Å². The minimum absolute atomic E-state index is 0.0233. The van der Waals surface area contributed by atoms with Crippen LogP contribution in [0, 0.1) is 5.92 Å². The first-order valence-electron chi connectivity index (χ1n) is 12.9. The van der Waals surface area contributed by atoms with Crippen LogP contribution in [0.25, 0.3) is 0 Å². The first kappa shape index (κ1) is 35.9. The van der Waals surface area contributed by atoms with Gasteiger partial charge in [-0.05, 0) is 44.4 Å². The zero-order chi connectivity index (χ0) is 30.8. The van der Waals surface area contributed by atoms with Crippen molar-refractivity contribution >= 4 is 41.6 Å². The Kier molecular flexibility index (Phi) is 17.0. The highest BCUT2D eigenvalue weighted by Gasteiger charge is 2.31. The molecule has 0 aromatic rings. The molecule has 0 aromatic carbocycles. The predicted molar refractivity (Wildman–Crippen MR) is 148 cm³/mol. The molecule has 0 rings (SSSR count). The fourth-order valence-corrected chi connectivity index (χ4v) is 3.47. The zero-order valence-corrected chi connectivity index (χ0v) is 23.0. The molecule has 0 heterocycles. The third-order valence-corrected chi connectivity index (χ3v) is 5.48. The number of hydrogen-bond acceptors (Lipinski definition) is 8. The van der Waals surface area contributed by atoms with E-state index in [1.54, 1.807) is 0 Å². The minimum atomic E-state index is -1.39. The average molecular weight is 573 g/mol. The van der Waals surface area contributed by atoms with E-state index in [1.165, 1.54) is 0 Å². The van der Waals surface area contributed by atoms with E-state index in [0.717, 1.165) is 0 Å². The number of nitrogens with zero attached hydrogens (tertiary/aromatic N) is 2. The van der Waals surface area contributed by atoms with Gasteiger partial charge in [0.25, 0.3) is 0 Å². The Labute approximate surface area is 232 Å². The van der Waals surface area contributed by atoms with E-state index in [9.17, 15) is 29.1 Å². The lowest BCUT2D eigenvalue weighted by Gasteiger charge is -2.26. The molecule has 0 spiro atoms. The molecule has 0 aromatic heterocycles. The maximum Gasteiger partial charge on any atom is 0.326 e. The van der Waals surface area contributed by atoms with Crippen LogP contribution in [0.4, 0.5) is 0 Å². The molecule has 0 fully saturated rings. The number of nitrogens with two attached hydrogens (primary N) is 5. The second kappa shape index (κ2) is 19.0. The summed E-state index contributed by atoms with van der Waals surface area (Å²) in [7, 11) is 0. The number of carbonyl (C=O) groups excluding carboxylic acids is 3. The zero-order valence-electron chi connectivity index (χ0n) is 23.0. The van der Waals surface area contributed by atoms with Gasteiger partial charge in [-0.3, -0.25) is 29.2 Å². The van der Waals surface area contributed by atoms with Gasteiger partial charge in [0.15, 0.2) is 11.9 Å². The largest absolute Gasteiger partial charge is 0.481 e. The van der Waals surface area contributed by atoms with Crippen molar-refractivity contribution in [3.8, 4) is 0 Å². The Morgan fingerprint density at radius 1 is 0.700 bits per heavy atom. The van der Waals surface area contributed by atoms with Crippen molar-refractivity contribution in [3.05, 3.63) is 0 Å². The van der Waals surface area contributed by atoms with Crippen LogP contribution in [-0.2, 0) is 24.0 Å². The number of hydrogen-bond donors (Lipinski definition) is 10. The molecule has 40 heavy (non-hydrogen) atoms. The van der Waals surface area contributed by atoms with E-state index >= 15 is 0 Å². The van der Waals surface area contributed by atoms with Crippen LogP contribution in [0.3, 0.4) is 0 Å². The molecule has 0 aliphatic rings. The average Bonchev–Trinajstić information content (AvgIpc) is 2.84. The van der Waals surface area contributed by atoms with Crippen LogP contribution >= 0.6 is 0 Å². The fourth-order valence-electron chi connectivity index (χ4n) is 3.47. The van der Waals surface area contributed by atoms with Crippen molar-refractivity contribution in [1.29, 1.82) is 0 Å². The summed E-state index contributed by atoms with van der Waals surface area (Å²) < 4.78 is 0. The van der Waals surface area contributed by atoms with E-state index < -0.39 is 60.2 Å². The van der Waals surface area contributed by atoms with Gasteiger partial charge in [-0.25, -0.2) is 4.79 Å². The third-order valence-electron chi connectivity index (χ3n) is 5.48. The second-order valence-corrected chi connectivity index (χ2v) is 9.59. The van der Waals surface area contributed by atoms with Gasteiger partial charge in [0.05, 0.1) is 6.04 Å². The van der Waals surface area contributed by atoms with Gasteiger partial charge in [0, 0.05) is 19.5 Å². The maximum absolute atomic E-state index is 13.1. The van der Waals surface area contributed by atoms with Crippen LogP contribution in [0.2, 0.25) is 0 Å². The standard InChI is InChI=1S/C23H44N10O7/c1-12(2)11-16(33-18(36)13(24)5-3-9-29-22(25)26)20(38)31-14(7-8-17(34)35)19(37)32-15(21(39)40)6-4-10-30-23(27)28/h12-16H,3-11,24H2,1-2H3,(H,31,38)(H,32,37)(H,33,36)(H,34,35)(H,39,40)(H4,25,26,29)(H4,27,28,30). The lowest BCUT2D eigenvalue weighted by molar-refractivity contribution is -0.143. The molecule has 15 N–H and O–H groups in total. The first-order chi connectivity index (χ1) is 18.6. The summed E-state index contributed by atoms with van der Waals surface area (Å²) in [6, 6.07) is -4.78. The number of aliphatic imine (C=N–C) groups is 2. The monoisotopic (exact) mass is 572 g/mol. The lowest BCUT2D eigenvalue weighted by Crippen LogP contribution is -2.57. The molecule has 17 nitrogen and oxygen atoms in total. The number of amides is 3. The molecule has 0 aliphatic heterocycles. The molecule has 0 saturated heterocycles. The van der Waals surface area contributed by atoms with Crippen molar-refractivity contribution in [2.24, 2.45) is 44.6 Å². The van der Waals surface area contributed by atoms with Gasteiger partial charge in [0.1, 0.15) is 18.1 Å². The summed E-state index contributed by atoms with van der Waals surface area (Å²) in [6.45, 7) is 4.03.